The lowest BCUT2D eigenvalue weighted by atomic mass is 10.0. The highest BCUT2D eigenvalue weighted by atomic mass is 14.2. The molecule has 0 fully saturated rings. The third-order valence-electron chi connectivity index (χ3n) is 3.56. The largest absolute Gasteiger partial charge is 0.0778 e. The fourth-order valence-corrected chi connectivity index (χ4v) is 2.26. The van der Waals surface area contributed by atoms with Crippen LogP contribution >= 0.6 is 0 Å². The van der Waals surface area contributed by atoms with Gasteiger partial charge in [0.05, 0.1) is 0 Å². The predicted molar refractivity (Wildman–Crippen MR) is 69.1 cm³/mol. The van der Waals surface area contributed by atoms with Crippen LogP contribution in [0.2, 0.25) is 0 Å². The van der Waals surface area contributed by atoms with Crippen molar-refractivity contribution in [2.24, 2.45) is 5.92 Å². The van der Waals surface area contributed by atoms with Crippen LogP contribution in [0.1, 0.15) is 78.1 Å². The van der Waals surface area contributed by atoms with Gasteiger partial charge < -0.3 is 0 Å². The molecule has 0 amide bonds. The molecule has 0 nitrogen and oxygen atoms in total. The minimum Gasteiger partial charge on any atom is -0.0778 e. The first-order valence-corrected chi connectivity index (χ1v) is 7.03. The van der Waals surface area contributed by atoms with Gasteiger partial charge in [0.25, 0.3) is 0 Å². The van der Waals surface area contributed by atoms with Crippen LogP contribution in [0.25, 0.3) is 0 Å². The number of unbranched alkanes of at least 4 members (excludes halogenated alkanes) is 8. The monoisotopic (exact) mass is 208 g/mol. The molecule has 0 N–H and O–H groups in total. The number of hydrogen-bond acceptors (Lipinski definition) is 0. The zero-order valence-electron chi connectivity index (χ0n) is 10.7. The van der Waals surface area contributed by atoms with E-state index >= 15 is 0 Å². The predicted octanol–water partition coefficient (Wildman–Crippen LogP) is 5.48. The molecule has 1 unspecified atom stereocenters. The SMILES string of the molecule is CCCCCCCCCCCC1C=C1C. The van der Waals surface area contributed by atoms with Gasteiger partial charge in [0.15, 0.2) is 0 Å². The molecule has 15 heavy (non-hydrogen) atoms. The third-order valence-corrected chi connectivity index (χ3v) is 3.56. The quantitative estimate of drug-likeness (QED) is 0.329. The first-order valence-electron chi connectivity index (χ1n) is 7.03. The molecule has 0 aliphatic heterocycles. The molecule has 1 aliphatic rings. The normalized spacial score (nSPS) is 19.1. The second-order valence-electron chi connectivity index (χ2n) is 5.13. The lowest BCUT2D eigenvalue weighted by Gasteiger charge is -2.01. The standard InChI is InChI=1S/C15H28/c1-3-4-5-6-7-8-9-10-11-12-15-13-14(15)2/h13,15H,3-12H2,1-2H3. The highest BCUT2D eigenvalue weighted by Gasteiger charge is 2.18. The zero-order valence-corrected chi connectivity index (χ0v) is 10.7. The summed E-state index contributed by atoms with van der Waals surface area (Å²) in [7, 11) is 0. The van der Waals surface area contributed by atoms with Gasteiger partial charge in [0, 0.05) is 0 Å². The van der Waals surface area contributed by atoms with Gasteiger partial charge in [-0.3, -0.25) is 0 Å². The summed E-state index contributed by atoms with van der Waals surface area (Å²) >= 11 is 0. The average molecular weight is 208 g/mol. The fraction of sp³-hybridized carbons (Fsp3) is 0.867. The Balaban J connectivity index is 1.66. The van der Waals surface area contributed by atoms with E-state index in [2.05, 4.69) is 19.9 Å². The summed E-state index contributed by atoms with van der Waals surface area (Å²) in [6.07, 6.45) is 16.9. The molecule has 88 valence electrons. The van der Waals surface area contributed by atoms with Crippen LogP contribution in [0.15, 0.2) is 11.6 Å². The molecule has 0 aromatic carbocycles. The second kappa shape index (κ2) is 7.96. The van der Waals surface area contributed by atoms with Crippen molar-refractivity contribution in [2.45, 2.75) is 78.1 Å². The van der Waals surface area contributed by atoms with Crippen LogP contribution in [0.5, 0.6) is 0 Å². The molecule has 0 radical (unpaired) electrons. The van der Waals surface area contributed by atoms with Crippen molar-refractivity contribution < 1.29 is 0 Å². The maximum Gasteiger partial charge on any atom is -0.00230 e. The Labute approximate surface area is 96.2 Å². The molecule has 1 aliphatic carbocycles. The van der Waals surface area contributed by atoms with Crippen molar-refractivity contribution in [1.29, 1.82) is 0 Å². The van der Waals surface area contributed by atoms with Gasteiger partial charge in [0.1, 0.15) is 0 Å². The molecule has 0 heteroatoms. The van der Waals surface area contributed by atoms with E-state index in [-0.39, 0.29) is 0 Å². The molecule has 1 atom stereocenters. The molecule has 0 aromatic rings. The van der Waals surface area contributed by atoms with Gasteiger partial charge in [-0.1, -0.05) is 76.4 Å². The molecular formula is C15H28. The lowest BCUT2D eigenvalue weighted by Crippen LogP contribution is -1.84. The van der Waals surface area contributed by atoms with Gasteiger partial charge >= 0.3 is 0 Å². The highest BCUT2D eigenvalue weighted by Crippen LogP contribution is 2.32. The van der Waals surface area contributed by atoms with Crippen molar-refractivity contribution in [3.63, 3.8) is 0 Å². The van der Waals surface area contributed by atoms with Gasteiger partial charge in [-0.2, -0.15) is 0 Å². The summed E-state index contributed by atoms with van der Waals surface area (Å²) in [5.41, 5.74) is 1.63. The van der Waals surface area contributed by atoms with Crippen LogP contribution in [0.3, 0.4) is 0 Å². The van der Waals surface area contributed by atoms with Crippen LogP contribution in [0.4, 0.5) is 0 Å². The molecule has 0 saturated heterocycles. The van der Waals surface area contributed by atoms with E-state index in [1.165, 1.54) is 64.2 Å². The molecule has 0 bridgehead atoms. The Morgan fingerprint density at radius 1 is 0.867 bits per heavy atom. The van der Waals surface area contributed by atoms with E-state index in [9.17, 15) is 0 Å². The first kappa shape index (κ1) is 12.8. The van der Waals surface area contributed by atoms with E-state index in [0.717, 1.165) is 5.92 Å². The summed E-state index contributed by atoms with van der Waals surface area (Å²) in [5, 5.41) is 0. The maximum atomic E-state index is 2.41. The molecule has 0 aromatic heterocycles. The lowest BCUT2D eigenvalue weighted by molar-refractivity contribution is 0.549. The van der Waals surface area contributed by atoms with Crippen LogP contribution in [0, 0.1) is 5.92 Å². The average Bonchev–Trinajstić information content (AvgIpc) is 2.92. The maximum absolute atomic E-state index is 2.41. The Morgan fingerprint density at radius 3 is 1.80 bits per heavy atom. The number of rotatable bonds is 10. The Morgan fingerprint density at radius 2 is 1.33 bits per heavy atom. The van der Waals surface area contributed by atoms with E-state index in [0.29, 0.717) is 0 Å². The number of hydrogen-bond donors (Lipinski definition) is 0. The second-order valence-corrected chi connectivity index (χ2v) is 5.13. The minimum absolute atomic E-state index is 0.912. The van der Waals surface area contributed by atoms with E-state index in [1.54, 1.807) is 5.57 Å². The topological polar surface area (TPSA) is 0 Å². The Bertz CT molecular complexity index is 178. The van der Waals surface area contributed by atoms with E-state index < -0.39 is 0 Å². The van der Waals surface area contributed by atoms with Crippen LogP contribution in [-0.2, 0) is 0 Å². The van der Waals surface area contributed by atoms with Crippen molar-refractivity contribution in [2.75, 3.05) is 0 Å². The van der Waals surface area contributed by atoms with Crippen molar-refractivity contribution in [3.8, 4) is 0 Å². The Kier molecular flexibility index (Phi) is 6.80. The summed E-state index contributed by atoms with van der Waals surface area (Å²) in [6, 6.07) is 0. The van der Waals surface area contributed by atoms with E-state index in [4.69, 9.17) is 0 Å². The summed E-state index contributed by atoms with van der Waals surface area (Å²) in [6.45, 7) is 4.55. The Hall–Kier alpha value is -0.260. The van der Waals surface area contributed by atoms with Crippen molar-refractivity contribution in [3.05, 3.63) is 11.6 Å². The van der Waals surface area contributed by atoms with Crippen molar-refractivity contribution in [1.82, 2.24) is 0 Å². The van der Waals surface area contributed by atoms with Crippen molar-refractivity contribution >= 4 is 0 Å². The van der Waals surface area contributed by atoms with Gasteiger partial charge in [-0.15, -0.1) is 0 Å². The van der Waals surface area contributed by atoms with Crippen LogP contribution in [-0.4, -0.2) is 0 Å². The molecule has 1 rings (SSSR count). The molecular weight excluding hydrogens is 180 g/mol. The number of allylic oxidation sites excluding steroid dienone is 2. The zero-order chi connectivity index (χ0) is 10.9. The van der Waals surface area contributed by atoms with E-state index in [1.807, 2.05) is 0 Å². The molecule has 0 heterocycles. The van der Waals surface area contributed by atoms with Gasteiger partial charge in [0.2, 0.25) is 0 Å². The summed E-state index contributed by atoms with van der Waals surface area (Å²) < 4.78 is 0. The smallest absolute Gasteiger partial charge is 0.00230 e. The molecule has 0 saturated carbocycles. The third kappa shape index (κ3) is 6.76. The van der Waals surface area contributed by atoms with Crippen LogP contribution < -0.4 is 0 Å². The van der Waals surface area contributed by atoms with Gasteiger partial charge in [-0.25, -0.2) is 0 Å². The van der Waals surface area contributed by atoms with Gasteiger partial charge in [-0.05, 0) is 19.3 Å². The fourth-order valence-electron chi connectivity index (χ4n) is 2.26. The minimum atomic E-state index is 0.912. The highest BCUT2D eigenvalue weighted by molar-refractivity contribution is 5.26. The molecule has 0 spiro atoms. The summed E-state index contributed by atoms with van der Waals surface area (Å²) in [4.78, 5) is 0. The summed E-state index contributed by atoms with van der Waals surface area (Å²) in [5.74, 6) is 0.912. The first-order chi connectivity index (χ1) is 7.34.